The number of benzene rings is 1. The maximum absolute atomic E-state index is 5.54. The van der Waals surface area contributed by atoms with Crippen LogP contribution in [0, 0.1) is 5.92 Å². The predicted molar refractivity (Wildman–Crippen MR) is 81.3 cm³/mol. The lowest BCUT2D eigenvalue weighted by Gasteiger charge is -2.05. The number of anilines is 2. The van der Waals surface area contributed by atoms with E-state index < -0.39 is 0 Å². The summed E-state index contributed by atoms with van der Waals surface area (Å²) in [5.74, 6) is 1.17. The van der Waals surface area contributed by atoms with E-state index >= 15 is 0 Å². The fourth-order valence-corrected chi connectivity index (χ4v) is 1.87. The van der Waals surface area contributed by atoms with Crippen LogP contribution in [0.4, 0.5) is 11.7 Å². The summed E-state index contributed by atoms with van der Waals surface area (Å²) in [6, 6.07) is 8.29. The van der Waals surface area contributed by atoms with Crippen molar-refractivity contribution in [3.63, 3.8) is 0 Å². The van der Waals surface area contributed by atoms with E-state index in [2.05, 4.69) is 34.7 Å². The molecule has 0 atom stereocenters. The molecule has 1 heterocycles. The number of methoxy groups -OCH3 is 1. The molecular formula is C15H22N4O2. The van der Waals surface area contributed by atoms with Crippen molar-refractivity contribution in [2.45, 2.75) is 27.0 Å². The Labute approximate surface area is 124 Å². The van der Waals surface area contributed by atoms with Crippen LogP contribution < -0.4 is 10.6 Å². The highest BCUT2D eigenvalue weighted by Crippen LogP contribution is 2.17. The number of nitrogens with zero attached hydrogens (tertiary/aromatic N) is 2. The van der Waals surface area contributed by atoms with Crippen LogP contribution in [0.3, 0.4) is 0 Å². The van der Waals surface area contributed by atoms with E-state index in [1.54, 1.807) is 7.11 Å². The van der Waals surface area contributed by atoms with Gasteiger partial charge in [-0.3, -0.25) is 0 Å². The van der Waals surface area contributed by atoms with Crippen molar-refractivity contribution >= 4 is 11.7 Å². The van der Waals surface area contributed by atoms with Gasteiger partial charge in [-0.25, -0.2) is 0 Å². The molecule has 1 aromatic carbocycles. The summed E-state index contributed by atoms with van der Waals surface area (Å²) in [7, 11) is 1.68. The Balaban J connectivity index is 1.91. The molecule has 0 saturated heterocycles. The molecule has 21 heavy (non-hydrogen) atoms. The molecule has 6 heteroatoms. The molecule has 6 nitrogen and oxygen atoms in total. The normalized spacial score (nSPS) is 11.0. The zero-order chi connectivity index (χ0) is 15.1. The Morgan fingerprint density at radius 3 is 2.90 bits per heavy atom. The lowest BCUT2D eigenvalue weighted by Crippen LogP contribution is -2.19. The van der Waals surface area contributed by atoms with Crippen molar-refractivity contribution in [1.82, 2.24) is 15.5 Å². The van der Waals surface area contributed by atoms with Gasteiger partial charge in [-0.2, -0.15) is 0 Å². The van der Waals surface area contributed by atoms with E-state index in [0.717, 1.165) is 17.8 Å². The van der Waals surface area contributed by atoms with E-state index in [4.69, 9.17) is 9.15 Å². The van der Waals surface area contributed by atoms with Crippen LogP contribution in [0.25, 0.3) is 0 Å². The van der Waals surface area contributed by atoms with Gasteiger partial charge >= 0.3 is 6.01 Å². The molecule has 0 radical (unpaired) electrons. The van der Waals surface area contributed by atoms with Crippen molar-refractivity contribution in [2.24, 2.45) is 5.92 Å². The van der Waals surface area contributed by atoms with Gasteiger partial charge < -0.3 is 19.8 Å². The maximum Gasteiger partial charge on any atom is 0.320 e. The number of rotatable bonds is 8. The first-order valence-corrected chi connectivity index (χ1v) is 7.05. The van der Waals surface area contributed by atoms with Crippen LogP contribution in [0.5, 0.6) is 0 Å². The summed E-state index contributed by atoms with van der Waals surface area (Å²) >= 11 is 0. The van der Waals surface area contributed by atoms with Gasteiger partial charge in [0.15, 0.2) is 0 Å². The van der Waals surface area contributed by atoms with Gasteiger partial charge in [-0.1, -0.05) is 31.1 Å². The van der Waals surface area contributed by atoms with E-state index in [-0.39, 0.29) is 0 Å². The highest BCUT2D eigenvalue weighted by atomic mass is 16.5. The van der Waals surface area contributed by atoms with Crippen molar-refractivity contribution < 1.29 is 9.15 Å². The number of ether oxygens (including phenoxy) is 1. The van der Waals surface area contributed by atoms with Crippen molar-refractivity contribution in [1.29, 1.82) is 0 Å². The lowest BCUT2D eigenvalue weighted by molar-refractivity contribution is 0.185. The maximum atomic E-state index is 5.54. The average molecular weight is 290 g/mol. The van der Waals surface area contributed by atoms with E-state index in [0.29, 0.717) is 31.0 Å². The number of nitrogens with one attached hydrogen (secondary N) is 2. The Morgan fingerprint density at radius 2 is 2.14 bits per heavy atom. The highest BCUT2D eigenvalue weighted by molar-refractivity contribution is 5.52. The molecule has 0 unspecified atom stereocenters. The summed E-state index contributed by atoms with van der Waals surface area (Å²) < 4.78 is 10.7. The predicted octanol–water partition coefficient (Wildman–Crippen LogP) is 2.71. The Hall–Kier alpha value is -1.92. The molecule has 2 rings (SSSR count). The molecule has 1 aromatic heterocycles. The summed E-state index contributed by atoms with van der Waals surface area (Å²) in [5.41, 5.74) is 1.98. The Kier molecular flexibility index (Phi) is 5.71. The molecule has 0 aliphatic carbocycles. The fourth-order valence-electron chi connectivity index (χ4n) is 1.87. The number of aromatic nitrogens is 2. The second-order valence-electron chi connectivity index (χ2n) is 5.28. The van der Waals surface area contributed by atoms with Crippen LogP contribution in [-0.4, -0.2) is 23.9 Å². The minimum atomic E-state index is 0.394. The third kappa shape index (κ3) is 5.17. The third-order valence-electron chi connectivity index (χ3n) is 2.78. The quantitative estimate of drug-likeness (QED) is 0.779. The molecule has 0 spiro atoms. The topological polar surface area (TPSA) is 72.2 Å². The first kappa shape index (κ1) is 15.5. The first-order valence-electron chi connectivity index (χ1n) is 7.05. The summed E-state index contributed by atoms with van der Waals surface area (Å²) in [5, 5.41) is 14.3. The van der Waals surface area contributed by atoms with Gasteiger partial charge in [0, 0.05) is 12.8 Å². The first-order chi connectivity index (χ1) is 10.2. The summed E-state index contributed by atoms with van der Waals surface area (Å²) in [6.07, 6.45) is 0. The van der Waals surface area contributed by atoms with Crippen molar-refractivity contribution in [2.75, 3.05) is 19.0 Å². The van der Waals surface area contributed by atoms with Crippen LogP contribution in [0.2, 0.25) is 0 Å². The molecule has 0 aliphatic rings. The minimum Gasteiger partial charge on any atom is -0.406 e. The zero-order valence-corrected chi connectivity index (χ0v) is 12.7. The molecule has 0 bridgehead atoms. The molecule has 2 N–H and O–H groups in total. The molecule has 0 fully saturated rings. The van der Waals surface area contributed by atoms with Gasteiger partial charge in [0.1, 0.15) is 0 Å². The van der Waals surface area contributed by atoms with Crippen LogP contribution in [0.1, 0.15) is 25.3 Å². The molecule has 0 saturated carbocycles. The standard InChI is InChI=1S/C15H22N4O2/c1-11(2)8-16-9-14-18-19-15(21-14)17-13-6-4-5-12(7-13)10-20-3/h4-7,11,16H,8-10H2,1-3H3,(H,17,19). The second-order valence-corrected chi connectivity index (χ2v) is 5.28. The van der Waals surface area contributed by atoms with Crippen molar-refractivity contribution in [3.8, 4) is 0 Å². The van der Waals surface area contributed by atoms with Gasteiger partial charge in [-0.05, 0) is 30.2 Å². The smallest absolute Gasteiger partial charge is 0.320 e. The Bertz CT molecular complexity index is 554. The van der Waals surface area contributed by atoms with Crippen LogP contribution in [-0.2, 0) is 17.9 Å². The van der Waals surface area contributed by atoms with Gasteiger partial charge in [0.05, 0.1) is 13.2 Å². The van der Waals surface area contributed by atoms with Gasteiger partial charge in [-0.15, -0.1) is 5.10 Å². The van der Waals surface area contributed by atoms with Crippen molar-refractivity contribution in [3.05, 3.63) is 35.7 Å². The molecule has 0 amide bonds. The average Bonchev–Trinajstić information content (AvgIpc) is 2.87. The monoisotopic (exact) mass is 290 g/mol. The number of hydrogen-bond acceptors (Lipinski definition) is 6. The van der Waals surface area contributed by atoms with E-state index in [1.165, 1.54) is 0 Å². The molecule has 114 valence electrons. The molecular weight excluding hydrogens is 268 g/mol. The van der Waals surface area contributed by atoms with E-state index in [1.807, 2.05) is 24.3 Å². The Morgan fingerprint density at radius 1 is 1.29 bits per heavy atom. The molecule has 2 aromatic rings. The highest BCUT2D eigenvalue weighted by Gasteiger charge is 2.06. The zero-order valence-electron chi connectivity index (χ0n) is 12.7. The van der Waals surface area contributed by atoms with E-state index in [9.17, 15) is 0 Å². The third-order valence-corrected chi connectivity index (χ3v) is 2.78. The largest absolute Gasteiger partial charge is 0.406 e. The van der Waals surface area contributed by atoms with Gasteiger partial charge in [0.2, 0.25) is 5.89 Å². The van der Waals surface area contributed by atoms with Crippen LogP contribution in [0.15, 0.2) is 28.7 Å². The lowest BCUT2D eigenvalue weighted by atomic mass is 10.2. The fraction of sp³-hybridized carbons (Fsp3) is 0.467. The SMILES string of the molecule is COCc1cccc(Nc2nnc(CNCC(C)C)o2)c1. The minimum absolute atomic E-state index is 0.394. The summed E-state index contributed by atoms with van der Waals surface area (Å²) in [4.78, 5) is 0. The van der Waals surface area contributed by atoms with Crippen LogP contribution >= 0.6 is 0 Å². The molecule has 0 aliphatic heterocycles. The summed E-state index contributed by atoms with van der Waals surface area (Å²) in [6.45, 7) is 6.38. The second kappa shape index (κ2) is 7.75. The number of hydrogen-bond donors (Lipinski definition) is 2. The van der Waals surface area contributed by atoms with Gasteiger partial charge in [0.25, 0.3) is 0 Å².